The molecule has 1 aromatic rings. The van der Waals surface area contributed by atoms with E-state index in [2.05, 4.69) is 16.6 Å². The number of methoxy groups -OCH3 is 1. The minimum absolute atomic E-state index is 0.147. The van der Waals surface area contributed by atoms with Crippen LogP contribution in [0.5, 0.6) is 5.75 Å². The summed E-state index contributed by atoms with van der Waals surface area (Å²) in [5, 5.41) is 3.14. The molecule has 0 amide bonds. The van der Waals surface area contributed by atoms with E-state index in [4.69, 9.17) is 4.74 Å². The summed E-state index contributed by atoms with van der Waals surface area (Å²) in [6, 6.07) is 7.78. The van der Waals surface area contributed by atoms with Gasteiger partial charge in [-0.1, -0.05) is 6.58 Å². The van der Waals surface area contributed by atoms with Crippen molar-refractivity contribution >= 4 is 11.7 Å². The van der Waals surface area contributed by atoms with Crippen molar-refractivity contribution in [2.24, 2.45) is 0 Å². The molecular formula is C16H23NO3. The Kier molecular flexibility index (Phi) is 7.25. The Hall–Kier alpha value is -1.97. The Morgan fingerprint density at radius 1 is 1.20 bits per heavy atom. The summed E-state index contributed by atoms with van der Waals surface area (Å²) >= 11 is 0. The molecule has 0 radical (unpaired) electrons. The zero-order chi connectivity index (χ0) is 14.8. The molecule has 4 nitrogen and oxygen atoms in total. The molecule has 0 spiro atoms. The van der Waals surface area contributed by atoms with Gasteiger partial charge in [0.2, 0.25) is 0 Å². The minimum atomic E-state index is -0.147. The Morgan fingerprint density at radius 2 is 1.90 bits per heavy atom. The first-order valence-electron chi connectivity index (χ1n) is 6.84. The maximum Gasteiger partial charge on any atom is 0.305 e. The number of unbranched alkanes of at least 4 members (excludes halogenated alkanes) is 2. The molecule has 0 aliphatic carbocycles. The minimum Gasteiger partial charge on any atom is -0.494 e. The van der Waals surface area contributed by atoms with E-state index in [1.54, 1.807) is 0 Å². The second-order valence-electron chi connectivity index (χ2n) is 4.66. The third-order valence-electron chi connectivity index (χ3n) is 2.73. The molecule has 1 N–H and O–H groups in total. The lowest BCUT2D eigenvalue weighted by atomic mass is 10.2. The normalized spacial score (nSPS) is 9.90. The van der Waals surface area contributed by atoms with Crippen molar-refractivity contribution in [3.05, 3.63) is 36.5 Å². The number of carbonyl (C=O) groups is 1. The maximum atomic E-state index is 10.9. The summed E-state index contributed by atoms with van der Waals surface area (Å²) in [5.74, 6) is 0.705. The van der Waals surface area contributed by atoms with E-state index in [1.807, 2.05) is 31.2 Å². The van der Waals surface area contributed by atoms with Crippen molar-refractivity contribution in [1.29, 1.82) is 0 Å². The van der Waals surface area contributed by atoms with Crippen LogP contribution in [-0.2, 0) is 9.53 Å². The average Bonchev–Trinajstić information content (AvgIpc) is 2.43. The molecular weight excluding hydrogens is 254 g/mol. The van der Waals surface area contributed by atoms with Crippen LogP contribution in [0.2, 0.25) is 0 Å². The quantitative estimate of drug-likeness (QED) is 0.551. The highest BCUT2D eigenvalue weighted by molar-refractivity contribution is 5.68. The fraction of sp³-hybridized carbons (Fsp3) is 0.438. The second-order valence-corrected chi connectivity index (χ2v) is 4.66. The molecule has 4 heteroatoms. The summed E-state index contributed by atoms with van der Waals surface area (Å²) < 4.78 is 10.2. The van der Waals surface area contributed by atoms with E-state index in [1.165, 1.54) is 7.11 Å². The van der Waals surface area contributed by atoms with Crippen LogP contribution in [-0.4, -0.2) is 19.7 Å². The van der Waals surface area contributed by atoms with Gasteiger partial charge in [-0.2, -0.15) is 0 Å². The predicted octanol–water partition coefficient (Wildman–Crippen LogP) is 3.74. The summed E-state index contributed by atoms with van der Waals surface area (Å²) in [4.78, 5) is 10.9. The first kappa shape index (κ1) is 16.1. The second kappa shape index (κ2) is 9.02. The van der Waals surface area contributed by atoms with E-state index in [9.17, 15) is 4.79 Å². The Morgan fingerprint density at radius 3 is 2.50 bits per heavy atom. The third kappa shape index (κ3) is 6.83. The van der Waals surface area contributed by atoms with E-state index >= 15 is 0 Å². The molecule has 0 heterocycles. The van der Waals surface area contributed by atoms with Gasteiger partial charge in [0.05, 0.1) is 13.7 Å². The van der Waals surface area contributed by atoms with Gasteiger partial charge >= 0.3 is 5.97 Å². The highest BCUT2D eigenvalue weighted by Gasteiger charge is 2.00. The topological polar surface area (TPSA) is 47.6 Å². The van der Waals surface area contributed by atoms with Gasteiger partial charge in [0.1, 0.15) is 5.75 Å². The van der Waals surface area contributed by atoms with Crippen LogP contribution in [0, 0.1) is 0 Å². The monoisotopic (exact) mass is 277 g/mol. The lowest BCUT2D eigenvalue weighted by Crippen LogP contribution is -2.01. The van der Waals surface area contributed by atoms with Crippen molar-refractivity contribution in [1.82, 2.24) is 0 Å². The van der Waals surface area contributed by atoms with Crippen LogP contribution in [0.15, 0.2) is 36.5 Å². The van der Waals surface area contributed by atoms with Crippen LogP contribution >= 0.6 is 0 Å². The number of carbonyl (C=O) groups excluding carboxylic acids is 1. The average molecular weight is 277 g/mol. The number of benzene rings is 1. The number of allylic oxidation sites excluding steroid dienone is 1. The molecule has 0 saturated heterocycles. The van der Waals surface area contributed by atoms with Gasteiger partial charge in [-0.05, 0) is 50.5 Å². The van der Waals surface area contributed by atoms with E-state index in [-0.39, 0.29) is 5.97 Å². The van der Waals surface area contributed by atoms with Gasteiger partial charge in [-0.3, -0.25) is 4.79 Å². The molecule has 20 heavy (non-hydrogen) atoms. The van der Waals surface area contributed by atoms with Gasteiger partial charge in [0, 0.05) is 17.8 Å². The van der Waals surface area contributed by atoms with Gasteiger partial charge in [-0.25, -0.2) is 0 Å². The van der Waals surface area contributed by atoms with Crippen molar-refractivity contribution in [2.75, 3.05) is 19.0 Å². The largest absolute Gasteiger partial charge is 0.494 e. The molecule has 1 rings (SSSR count). The molecule has 0 fully saturated rings. The Bertz CT molecular complexity index is 426. The molecule has 0 saturated carbocycles. The standard InChI is InChI=1S/C16H23NO3/c1-13(2)17-14-8-10-15(11-9-14)20-12-6-4-5-7-16(18)19-3/h8-11,17H,1,4-7,12H2,2-3H3. The molecule has 0 bridgehead atoms. The number of anilines is 1. The SMILES string of the molecule is C=C(C)Nc1ccc(OCCCCCC(=O)OC)cc1. The van der Waals surface area contributed by atoms with Crippen LogP contribution in [0.4, 0.5) is 5.69 Å². The zero-order valence-corrected chi connectivity index (χ0v) is 12.3. The van der Waals surface area contributed by atoms with Crippen molar-refractivity contribution in [2.45, 2.75) is 32.6 Å². The Labute approximate surface area is 120 Å². The van der Waals surface area contributed by atoms with Gasteiger partial charge in [0.15, 0.2) is 0 Å². The highest BCUT2D eigenvalue weighted by atomic mass is 16.5. The molecule has 0 aliphatic heterocycles. The summed E-state index contributed by atoms with van der Waals surface area (Å²) in [5.41, 5.74) is 1.91. The van der Waals surface area contributed by atoms with Crippen LogP contribution in [0.3, 0.4) is 0 Å². The van der Waals surface area contributed by atoms with E-state index in [0.717, 1.165) is 36.4 Å². The van der Waals surface area contributed by atoms with Crippen molar-refractivity contribution < 1.29 is 14.3 Å². The van der Waals surface area contributed by atoms with Crippen LogP contribution < -0.4 is 10.1 Å². The molecule has 0 unspecified atom stereocenters. The smallest absolute Gasteiger partial charge is 0.305 e. The molecule has 0 aromatic heterocycles. The van der Waals surface area contributed by atoms with Gasteiger partial charge < -0.3 is 14.8 Å². The molecule has 0 atom stereocenters. The zero-order valence-electron chi connectivity index (χ0n) is 12.3. The van der Waals surface area contributed by atoms with E-state index < -0.39 is 0 Å². The number of ether oxygens (including phenoxy) is 2. The number of hydrogen-bond donors (Lipinski definition) is 1. The molecule has 0 aliphatic rings. The summed E-state index contributed by atoms with van der Waals surface area (Å²) in [7, 11) is 1.41. The lowest BCUT2D eigenvalue weighted by Gasteiger charge is -2.08. The predicted molar refractivity (Wildman–Crippen MR) is 80.9 cm³/mol. The molecule has 110 valence electrons. The number of rotatable bonds is 9. The van der Waals surface area contributed by atoms with Crippen molar-refractivity contribution in [3.63, 3.8) is 0 Å². The summed E-state index contributed by atoms with van der Waals surface area (Å²) in [6.45, 7) is 6.37. The number of esters is 1. The van der Waals surface area contributed by atoms with Crippen LogP contribution in [0.25, 0.3) is 0 Å². The lowest BCUT2D eigenvalue weighted by molar-refractivity contribution is -0.140. The number of nitrogens with one attached hydrogen (secondary N) is 1. The van der Waals surface area contributed by atoms with E-state index in [0.29, 0.717) is 13.0 Å². The number of hydrogen-bond acceptors (Lipinski definition) is 4. The van der Waals surface area contributed by atoms with Gasteiger partial charge in [0.25, 0.3) is 0 Å². The first-order chi connectivity index (χ1) is 9.61. The van der Waals surface area contributed by atoms with Gasteiger partial charge in [-0.15, -0.1) is 0 Å². The molecule has 1 aromatic carbocycles. The Balaban J connectivity index is 2.16. The fourth-order valence-corrected chi connectivity index (χ4v) is 1.72. The first-order valence-corrected chi connectivity index (χ1v) is 6.84. The maximum absolute atomic E-state index is 10.9. The van der Waals surface area contributed by atoms with Crippen LogP contribution in [0.1, 0.15) is 32.6 Å². The third-order valence-corrected chi connectivity index (χ3v) is 2.73. The fourth-order valence-electron chi connectivity index (χ4n) is 1.72. The highest BCUT2D eigenvalue weighted by Crippen LogP contribution is 2.17. The summed E-state index contributed by atoms with van der Waals surface area (Å²) in [6.07, 6.45) is 3.22. The van der Waals surface area contributed by atoms with Crippen molar-refractivity contribution in [3.8, 4) is 5.75 Å².